The van der Waals surface area contributed by atoms with E-state index in [1.54, 1.807) is 38.1 Å². The maximum Gasteiger partial charge on any atom is 0.360 e. The Morgan fingerprint density at radius 1 is 1.06 bits per heavy atom. The number of carbonyl (C=O) groups is 2. The number of esters is 1. The minimum atomic E-state index is -3.94. The topological polar surface area (TPSA) is 150 Å². The summed E-state index contributed by atoms with van der Waals surface area (Å²) < 4.78 is 29.4. The predicted octanol–water partition coefficient (Wildman–Crippen LogP) is 1.81. The first-order chi connectivity index (χ1) is 15.0. The molecule has 0 saturated heterocycles. The zero-order valence-corrected chi connectivity index (χ0v) is 18.4. The summed E-state index contributed by atoms with van der Waals surface area (Å²) >= 11 is 0. The molecule has 0 aliphatic carbocycles. The minimum Gasteiger partial charge on any atom is -0.448 e. The normalized spacial score (nSPS) is 12.5. The number of primary sulfonamides is 1. The highest BCUT2D eigenvalue weighted by atomic mass is 32.2. The number of rotatable bonds is 6. The van der Waals surface area contributed by atoms with Gasteiger partial charge in [-0.05, 0) is 45.0 Å². The van der Waals surface area contributed by atoms with E-state index < -0.39 is 28.0 Å². The molecule has 0 aliphatic heterocycles. The third-order valence-corrected chi connectivity index (χ3v) is 5.51. The van der Waals surface area contributed by atoms with Gasteiger partial charge in [0, 0.05) is 11.1 Å². The molecule has 10 nitrogen and oxygen atoms in total. The Labute approximate surface area is 184 Å². The van der Waals surface area contributed by atoms with Crippen molar-refractivity contribution >= 4 is 38.4 Å². The zero-order chi connectivity index (χ0) is 23.6. The van der Waals surface area contributed by atoms with Crippen LogP contribution in [0.15, 0.2) is 58.2 Å². The molecule has 32 heavy (non-hydrogen) atoms. The van der Waals surface area contributed by atoms with Crippen LogP contribution in [0.3, 0.4) is 0 Å². The summed E-state index contributed by atoms with van der Waals surface area (Å²) in [5.41, 5.74) is -0.265. The van der Waals surface area contributed by atoms with Gasteiger partial charge in [0.05, 0.1) is 16.3 Å². The number of aromatic nitrogens is 2. The Hall–Kier alpha value is -3.57. The number of amides is 1. The number of nitrogens with two attached hydrogens (primary N) is 1. The Balaban J connectivity index is 1.85. The molecule has 3 N–H and O–H groups in total. The number of ether oxygens (including phenoxy) is 1. The standard InChI is InChI=1S/C21H22N4O6S/c1-12(2)25-20(27)17-10-5-4-9-16(17)18(24-25)21(28)31-13(3)19(26)23-14-7-6-8-15(11-14)32(22,29)30/h4-13H,1-3H3,(H,23,26)(H2,22,29,30). The third-order valence-electron chi connectivity index (χ3n) is 4.59. The quantitative estimate of drug-likeness (QED) is 0.535. The van der Waals surface area contributed by atoms with Crippen LogP contribution in [0.25, 0.3) is 10.8 Å². The van der Waals surface area contributed by atoms with Crippen molar-refractivity contribution in [3.05, 3.63) is 64.6 Å². The van der Waals surface area contributed by atoms with Crippen molar-refractivity contribution in [2.24, 2.45) is 5.14 Å². The molecule has 1 atom stereocenters. The van der Waals surface area contributed by atoms with Crippen LogP contribution in [-0.2, 0) is 19.6 Å². The second-order valence-corrected chi connectivity index (χ2v) is 8.91. The lowest BCUT2D eigenvalue weighted by molar-refractivity contribution is -0.123. The number of benzene rings is 2. The lowest BCUT2D eigenvalue weighted by Crippen LogP contribution is -2.32. The summed E-state index contributed by atoms with van der Waals surface area (Å²) in [7, 11) is -3.94. The third kappa shape index (κ3) is 4.84. The van der Waals surface area contributed by atoms with Crippen LogP contribution < -0.4 is 16.0 Å². The largest absolute Gasteiger partial charge is 0.448 e. The van der Waals surface area contributed by atoms with Crippen LogP contribution in [0.2, 0.25) is 0 Å². The summed E-state index contributed by atoms with van der Waals surface area (Å²) in [6.45, 7) is 4.87. The SMILES string of the molecule is CC(OC(=O)c1nn(C(C)C)c(=O)c2ccccc12)C(=O)Nc1cccc(S(N)(=O)=O)c1. The van der Waals surface area contributed by atoms with Crippen molar-refractivity contribution in [3.63, 3.8) is 0 Å². The van der Waals surface area contributed by atoms with Gasteiger partial charge in [-0.15, -0.1) is 0 Å². The number of hydrogen-bond donors (Lipinski definition) is 2. The number of nitrogens with zero attached hydrogens (tertiary/aromatic N) is 2. The monoisotopic (exact) mass is 458 g/mol. The number of fused-ring (bicyclic) bond motifs is 1. The molecule has 11 heteroatoms. The van der Waals surface area contributed by atoms with Gasteiger partial charge in [0.1, 0.15) is 0 Å². The molecule has 2 aromatic carbocycles. The second kappa shape index (κ2) is 8.89. The van der Waals surface area contributed by atoms with E-state index in [-0.39, 0.29) is 27.9 Å². The van der Waals surface area contributed by atoms with Gasteiger partial charge in [-0.2, -0.15) is 5.10 Å². The van der Waals surface area contributed by atoms with Gasteiger partial charge < -0.3 is 10.1 Å². The average Bonchev–Trinajstić information content (AvgIpc) is 2.73. The fraction of sp³-hybridized carbons (Fsp3) is 0.238. The van der Waals surface area contributed by atoms with Gasteiger partial charge >= 0.3 is 5.97 Å². The van der Waals surface area contributed by atoms with Crippen molar-refractivity contribution in [3.8, 4) is 0 Å². The minimum absolute atomic E-state index is 0.0928. The van der Waals surface area contributed by atoms with Gasteiger partial charge in [-0.25, -0.2) is 23.0 Å². The smallest absolute Gasteiger partial charge is 0.360 e. The molecular weight excluding hydrogens is 436 g/mol. The maximum atomic E-state index is 12.8. The molecule has 1 heterocycles. The van der Waals surface area contributed by atoms with Crippen LogP contribution in [0, 0.1) is 0 Å². The highest BCUT2D eigenvalue weighted by Gasteiger charge is 2.24. The molecule has 0 aliphatic rings. The molecule has 1 unspecified atom stereocenters. The summed E-state index contributed by atoms with van der Waals surface area (Å²) in [6.07, 6.45) is -1.24. The van der Waals surface area contributed by atoms with Gasteiger partial charge in [0.25, 0.3) is 11.5 Å². The van der Waals surface area contributed by atoms with E-state index in [9.17, 15) is 22.8 Å². The van der Waals surface area contributed by atoms with Gasteiger partial charge in [-0.1, -0.05) is 24.3 Å². The fourth-order valence-electron chi connectivity index (χ4n) is 2.97. The maximum absolute atomic E-state index is 12.8. The molecule has 0 spiro atoms. The zero-order valence-electron chi connectivity index (χ0n) is 17.6. The van der Waals surface area contributed by atoms with Crippen LogP contribution >= 0.6 is 0 Å². The van der Waals surface area contributed by atoms with Crippen molar-refractivity contribution in [2.45, 2.75) is 37.8 Å². The van der Waals surface area contributed by atoms with Gasteiger partial charge in [0.15, 0.2) is 11.8 Å². The highest BCUT2D eigenvalue weighted by Crippen LogP contribution is 2.18. The van der Waals surface area contributed by atoms with Crippen LogP contribution in [0.5, 0.6) is 0 Å². The van der Waals surface area contributed by atoms with Crippen LogP contribution in [-0.4, -0.2) is 36.2 Å². The van der Waals surface area contributed by atoms with E-state index in [1.165, 1.54) is 35.9 Å². The molecule has 1 aromatic heterocycles. The van der Waals surface area contributed by atoms with Crippen molar-refractivity contribution < 1.29 is 22.7 Å². The highest BCUT2D eigenvalue weighted by molar-refractivity contribution is 7.89. The van der Waals surface area contributed by atoms with Crippen molar-refractivity contribution in [1.82, 2.24) is 9.78 Å². The molecule has 0 fully saturated rings. The van der Waals surface area contributed by atoms with Gasteiger partial charge in [0.2, 0.25) is 10.0 Å². The molecule has 3 aromatic rings. The van der Waals surface area contributed by atoms with E-state index in [0.29, 0.717) is 10.8 Å². The molecule has 0 radical (unpaired) electrons. The second-order valence-electron chi connectivity index (χ2n) is 7.35. The average molecular weight is 458 g/mol. The van der Waals surface area contributed by atoms with E-state index in [4.69, 9.17) is 9.88 Å². The molecule has 168 valence electrons. The Morgan fingerprint density at radius 2 is 1.72 bits per heavy atom. The first-order valence-corrected chi connectivity index (χ1v) is 11.2. The van der Waals surface area contributed by atoms with Crippen molar-refractivity contribution in [2.75, 3.05) is 5.32 Å². The first kappa shape index (κ1) is 23.1. The number of carbonyl (C=O) groups excluding carboxylic acids is 2. The molecule has 1 amide bonds. The number of hydrogen-bond acceptors (Lipinski definition) is 7. The van der Waals surface area contributed by atoms with Crippen molar-refractivity contribution in [1.29, 1.82) is 0 Å². The summed E-state index contributed by atoms with van der Waals surface area (Å²) in [6, 6.07) is 11.6. The molecule has 3 rings (SSSR count). The predicted molar refractivity (Wildman–Crippen MR) is 118 cm³/mol. The summed E-state index contributed by atoms with van der Waals surface area (Å²) in [5.74, 6) is -1.57. The van der Waals surface area contributed by atoms with E-state index in [2.05, 4.69) is 10.4 Å². The molecule has 0 saturated carbocycles. The number of anilines is 1. The Kier molecular flexibility index (Phi) is 6.42. The van der Waals surface area contributed by atoms with E-state index >= 15 is 0 Å². The molecule has 0 bridgehead atoms. The lowest BCUT2D eigenvalue weighted by atomic mass is 10.1. The van der Waals surface area contributed by atoms with Crippen LogP contribution in [0.1, 0.15) is 37.3 Å². The first-order valence-electron chi connectivity index (χ1n) is 9.65. The Bertz CT molecular complexity index is 1360. The number of nitrogens with one attached hydrogen (secondary N) is 1. The summed E-state index contributed by atoms with van der Waals surface area (Å²) in [4.78, 5) is 37.7. The summed E-state index contributed by atoms with van der Waals surface area (Å²) in [5, 5.41) is 12.3. The van der Waals surface area contributed by atoms with Gasteiger partial charge in [-0.3, -0.25) is 9.59 Å². The lowest BCUT2D eigenvalue weighted by Gasteiger charge is -2.16. The molecular formula is C21H22N4O6S. The van der Waals surface area contributed by atoms with E-state index in [0.717, 1.165) is 0 Å². The van der Waals surface area contributed by atoms with E-state index in [1.807, 2.05) is 0 Å². The van der Waals surface area contributed by atoms with Crippen LogP contribution in [0.4, 0.5) is 5.69 Å². The number of sulfonamides is 1. The Morgan fingerprint density at radius 3 is 2.34 bits per heavy atom. The fourth-order valence-corrected chi connectivity index (χ4v) is 3.53.